The van der Waals surface area contributed by atoms with Crippen LogP contribution in [-0.2, 0) is 13.0 Å². The summed E-state index contributed by atoms with van der Waals surface area (Å²) in [6.45, 7) is 5.00. The second kappa shape index (κ2) is 8.67. The number of para-hydroxylation sites is 1. The van der Waals surface area contributed by atoms with Crippen molar-refractivity contribution in [2.24, 2.45) is 4.99 Å². The van der Waals surface area contributed by atoms with E-state index in [1.54, 1.807) is 7.05 Å². The molecule has 0 bridgehead atoms. The molecule has 0 radical (unpaired) electrons. The molecule has 1 aromatic carbocycles. The number of rotatable bonds is 6. The zero-order chi connectivity index (χ0) is 18.4. The third kappa shape index (κ3) is 4.95. The topological polar surface area (TPSA) is 54.2 Å². The van der Waals surface area contributed by atoms with Crippen molar-refractivity contribution in [3.63, 3.8) is 0 Å². The highest BCUT2D eigenvalue weighted by molar-refractivity contribution is 7.11. The molecule has 3 rings (SSSR count). The van der Waals surface area contributed by atoms with Gasteiger partial charge in [-0.2, -0.15) is 5.10 Å². The summed E-state index contributed by atoms with van der Waals surface area (Å²) < 4.78 is 1.88. The second-order valence-electron chi connectivity index (χ2n) is 6.32. The first-order valence-corrected chi connectivity index (χ1v) is 9.57. The maximum atomic E-state index is 4.43. The Kier molecular flexibility index (Phi) is 6.07. The number of thiophene rings is 1. The van der Waals surface area contributed by atoms with Crippen LogP contribution in [0.2, 0.25) is 0 Å². The lowest BCUT2D eigenvalue weighted by Gasteiger charge is -2.17. The van der Waals surface area contributed by atoms with Crippen molar-refractivity contribution in [2.45, 2.75) is 32.9 Å². The number of nitrogens with one attached hydrogen (secondary N) is 2. The number of hydrogen-bond donors (Lipinski definition) is 2. The maximum absolute atomic E-state index is 4.43. The van der Waals surface area contributed by atoms with Crippen LogP contribution in [0.3, 0.4) is 0 Å². The van der Waals surface area contributed by atoms with Gasteiger partial charge in [0.25, 0.3) is 0 Å². The Labute approximate surface area is 158 Å². The van der Waals surface area contributed by atoms with Crippen molar-refractivity contribution in [3.8, 4) is 5.69 Å². The first-order valence-electron chi connectivity index (χ1n) is 8.75. The lowest BCUT2D eigenvalue weighted by molar-refractivity contribution is 0.645. The van der Waals surface area contributed by atoms with Crippen molar-refractivity contribution in [1.29, 1.82) is 0 Å². The summed E-state index contributed by atoms with van der Waals surface area (Å²) in [5.41, 5.74) is 2.17. The van der Waals surface area contributed by atoms with Crippen molar-refractivity contribution in [2.75, 3.05) is 7.05 Å². The summed E-state index contributed by atoms with van der Waals surface area (Å²) in [4.78, 5) is 7.07. The fourth-order valence-corrected chi connectivity index (χ4v) is 3.75. The minimum atomic E-state index is 0.311. The lowest BCUT2D eigenvalue weighted by atomic mass is 10.2. The van der Waals surface area contributed by atoms with E-state index >= 15 is 0 Å². The van der Waals surface area contributed by atoms with Gasteiger partial charge in [0, 0.05) is 47.6 Å². The van der Waals surface area contributed by atoms with E-state index in [2.05, 4.69) is 46.7 Å². The minimum absolute atomic E-state index is 0.311. The normalized spacial score (nSPS) is 12.8. The number of guanidine groups is 1. The van der Waals surface area contributed by atoms with Gasteiger partial charge in [0.2, 0.25) is 0 Å². The molecule has 0 spiro atoms. The molecule has 0 aliphatic heterocycles. The molecular weight excluding hydrogens is 342 g/mol. The van der Waals surface area contributed by atoms with Crippen LogP contribution in [0.25, 0.3) is 5.69 Å². The summed E-state index contributed by atoms with van der Waals surface area (Å²) in [7, 11) is 1.80. The van der Waals surface area contributed by atoms with Crippen molar-refractivity contribution in [3.05, 3.63) is 70.2 Å². The molecule has 136 valence electrons. The number of hydrogen-bond acceptors (Lipinski definition) is 3. The quantitative estimate of drug-likeness (QED) is 0.518. The van der Waals surface area contributed by atoms with Crippen LogP contribution in [0.4, 0.5) is 0 Å². The molecule has 0 aliphatic carbocycles. The van der Waals surface area contributed by atoms with Crippen LogP contribution in [0, 0.1) is 6.92 Å². The number of aromatic nitrogens is 2. The van der Waals surface area contributed by atoms with E-state index in [0.29, 0.717) is 12.6 Å². The Morgan fingerprint density at radius 3 is 2.73 bits per heavy atom. The molecule has 2 heterocycles. The van der Waals surface area contributed by atoms with Crippen LogP contribution in [-0.4, -0.2) is 28.8 Å². The van der Waals surface area contributed by atoms with E-state index in [4.69, 9.17) is 0 Å². The highest BCUT2D eigenvalue weighted by atomic mass is 32.1. The lowest BCUT2D eigenvalue weighted by Crippen LogP contribution is -2.42. The van der Waals surface area contributed by atoms with Gasteiger partial charge in [-0.05, 0) is 38.1 Å². The molecule has 0 fully saturated rings. The molecule has 26 heavy (non-hydrogen) atoms. The number of aliphatic imine (C=N–C) groups is 1. The Hall–Kier alpha value is -2.60. The monoisotopic (exact) mass is 367 g/mol. The van der Waals surface area contributed by atoms with Gasteiger partial charge in [0.1, 0.15) is 0 Å². The average Bonchev–Trinajstić information content (AvgIpc) is 3.28. The molecule has 3 aromatic rings. The Balaban J connectivity index is 1.52. The molecule has 0 amide bonds. The van der Waals surface area contributed by atoms with Gasteiger partial charge in [0.05, 0.1) is 11.9 Å². The van der Waals surface area contributed by atoms with Crippen LogP contribution in [0.15, 0.2) is 59.9 Å². The maximum Gasteiger partial charge on any atom is 0.191 e. The average molecular weight is 368 g/mol. The van der Waals surface area contributed by atoms with E-state index in [9.17, 15) is 0 Å². The number of nitrogens with zero attached hydrogens (tertiary/aromatic N) is 3. The molecule has 0 saturated heterocycles. The van der Waals surface area contributed by atoms with E-state index < -0.39 is 0 Å². The summed E-state index contributed by atoms with van der Waals surface area (Å²) in [5.74, 6) is 0.804. The van der Waals surface area contributed by atoms with Crippen LogP contribution >= 0.6 is 11.3 Å². The fourth-order valence-electron chi connectivity index (χ4n) is 2.73. The molecule has 6 heteroatoms. The number of benzene rings is 1. The Bertz CT molecular complexity index is 850. The zero-order valence-electron chi connectivity index (χ0n) is 15.4. The van der Waals surface area contributed by atoms with Gasteiger partial charge in [-0.3, -0.25) is 4.99 Å². The fraction of sp³-hybridized carbons (Fsp3) is 0.300. The van der Waals surface area contributed by atoms with Crippen molar-refractivity contribution < 1.29 is 0 Å². The van der Waals surface area contributed by atoms with E-state index in [-0.39, 0.29) is 0 Å². The Morgan fingerprint density at radius 1 is 1.23 bits per heavy atom. The molecule has 5 nitrogen and oxygen atoms in total. The smallest absolute Gasteiger partial charge is 0.191 e. The molecule has 2 N–H and O–H groups in total. The van der Waals surface area contributed by atoms with Crippen molar-refractivity contribution in [1.82, 2.24) is 20.4 Å². The third-order valence-corrected chi connectivity index (χ3v) is 5.05. The van der Waals surface area contributed by atoms with Gasteiger partial charge in [0.15, 0.2) is 5.96 Å². The summed E-state index contributed by atoms with van der Waals surface area (Å²) in [6.07, 6.45) is 4.91. The molecular formula is C20H25N5S. The van der Waals surface area contributed by atoms with Gasteiger partial charge < -0.3 is 10.6 Å². The highest BCUT2D eigenvalue weighted by Gasteiger charge is 2.08. The first kappa shape index (κ1) is 18.2. The van der Waals surface area contributed by atoms with Gasteiger partial charge in [-0.1, -0.05) is 18.2 Å². The molecule has 1 atom stereocenters. The minimum Gasteiger partial charge on any atom is -0.354 e. The standard InChI is InChI=1S/C20H25N5S/c1-15(11-19-10-9-16(2)26-19)24-20(21-3)22-12-17-13-23-25(14-17)18-7-5-4-6-8-18/h4-10,13-15H,11-12H2,1-3H3,(H2,21,22,24). The predicted molar refractivity (Wildman–Crippen MR) is 109 cm³/mol. The van der Waals surface area contributed by atoms with Gasteiger partial charge in [-0.25, -0.2) is 4.68 Å². The van der Waals surface area contributed by atoms with Crippen molar-refractivity contribution >= 4 is 17.3 Å². The summed E-state index contributed by atoms with van der Waals surface area (Å²) >= 11 is 1.85. The predicted octanol–water partition coefficient (Wildman–Crippen LogP) is 3.54. The van der Waals surface area contributed by atoms with Gasteiger partial charge in [-0.15, -0.1) is 11.3 Å². The first-order chi connectivity index (χ1) is 12.6. The van der Waals surface area contributed by atoms with E-state index in [1.165, 1.54) is 9.75 Å². The zero-order valence-corrected chi connectivity index (χ0v) is 16.3. The summed E-state index contributed by atoms with van der Waals surface area (Å²) in [5, 5.41) is 11.2. The largest absolute Gasteiger partial charge is 0.354 e. The molecule has 0 aliphatic rings. The Morgan fingerprint density at radius 2 is 2.04 bits per heavy atom. The van der Waals surface area contributed by atoms with Gasteiger partial charge >= 0.3 is 0 Å². The number of aryl methyl sites for hydroxylation is 1. The SMILES string of the molecule is CN=C(NCc1cnn(-c2ccccc2)c1)NC(C)Cc1ccc(C)s1. The van der Waals surface area contributed by atoms with Crippen LogP contribution in [0.1, 0.15) is 22.2 Å². The molecule has 2 aromatic heterocycles. The third-order valence-electron chi connectivity index (χ3n) is 4.03. The highest BCUT2D eigenvalue weighted by Crippen LogP contribution is 2.16. The summed E-state index contributed by atoms with van der Waals surface area (Å²) in [6, 6.07) is 14.8. The molecule has 1 unspecified atom stereocenters. The van der Waals surface area contributed by atoms with E-state index in [0.717, 1.165) is 23.6 Å². The van der Waals surface area contributed by atoms with Crippen LogP contribution < -0.4 is 10.6 Å². The molecule has 0 saturated carbocycles. The second-order valence-corrected chi connectivity index (χ2v) is 7.69. The van der Waals surface area contributed by atoms with Crippen LogP contribution in [0.5, 0.6) is 0 Å². The van der Waals surface area contributed by atoms with E-state index in [1.807, 2.05) is 58.7 Å².